The number of nitrogens with zero attached hydrogens (tertiary/aromatic N) is 1. The molecule has 0 bridgehead atoms. The number of nitrogens with two attached hydrogens (primary N) is 1. The van der Waals surface area contributed by atoms with E-state index in [0.717, 1.165) is 5.75 Å². The van der Waals surface area contributed by atoms with Gasteiger partial charge in [0, 0.05) is 25.0 Å². The summed E-state index contributed by atoms with van der Waals surface area (Å²) in [6, 6.07) is 9.01. The number of hydrogen-bond donors (Lipinski definition) is 2. The molecule has 5 nitrogen and oxygen atoms in total. The summed E-state index contributed by atoms with van der Waals surface area (Å²) in [7, 11) is 1.79. The van der Waals surface area contributed by atoms with Crippen molar-refractivity contribution in [1.29, 1.82) is 0 Å². The molecule has 2 aromatic rings. The molecule has 2 rings (SSSR count). The van der Waals surface area contributed by atoms with Gasteiger partial charge in [-0.15, -0.1) is 0 Å². The van der Waals surface area contributed by atoms with E-state index in [9.17, 15) is 4.79 Å². The van der Waals surface area contributed by atoms with Crippen LogP contribution >= 0.6 is 0 Å². The van der Waals surface area contributed by atoms with Crippen LogP contribution < -0.4 is 15.8 Å². The zero-order valence-corrected chi connectivity index (χ0v) is 12.6. The molecule has 1 aromatic heterocycles. The van der Waals surface area contributed by atoms with Crippen molar-refractivity contribution in [1.82, 2.24) is 4.57 Å². The van der Waals surface area contributed by atoms with E-state index >= 15 is 0 Å². The van der Waals surface area contributed by atoms with E-state index in [4.69, 9.17) is 10.5 Å². The first-order valence-corrected chi connectivity index (χ1v) is 6.91. The summed E-state index contributed by atoms with van der Waals surface area (Å²) >= 11 is 0. The lowest BCUT2D eigenvalue weighted by Crippen LogP contribution is -2.15. The third-order valence-corrected chi connectivity index (χ3v) is 2.93. The summed E-state index contributed by atoms with van der Waals surface area (Å²) < 4.78 is 7.34. The van der Waals surface area contributed by atoms with E-state index in [1.807, 2.05) is 24.3 Å². The Labute approximate surface area is 124 Å². The Kier molecular flexibility index (Phi) is 4.52. The van der Waals surface area contributed by atoms with Crippen molar-refractivity contribution in [2.75, 3.05) is 17.7 Å². The minimum absolute atomic E-state index is 0.199. The first kappa shape index (κ1) is 15.0. The molecule has 0 aliphatic rings. The summed E-state index contributed by atoms with van der Waals surface area (Å²) in [5.74, 6) is 0.998. The minimum atomic E-state index is -0.199. The number of aromatic nitrogens is 1. The normalized spacial score (nSPS) is 10.7. The molecule has 0 unspecified atom stereocenters. The monoisotopic (exact) mass is 287 g/mol. The Balaban J connectivity index is 2.07. The maximum absolute atomic E-state index is 12.2. The van der Waals surface area contributed by atoms with Gasteiger partial charge in [-0.05, 0) is 24.1 Å². The second kappa shape index (κ2) is 6.35. The second-order valence-electron chi connectivity index (χ2n) is 5.46. The number of benzene rings is 1. The molecular weight excluding hydrogens is 266 g/mol. The molecule has 0 fully saturated rings. The van der Waals surface area contributed by atoms with Crippen molar-refractivity contribution in [2.45, 2.75) is 13.8 Å². The number of ether oxygens (including phenoxy) is 1. The molecule has 0 aliphatic carbocycles. The van der Waals surface area contributed by atoms with Crippen LogP contribution in [0.4, 0.5) is 11.4 Å². The fourth-order valence-electron chi connectivity index (χ4n) is 1.94. The van der Waals surface area contributed by atoms with Crippen molar-refractivity contribution in [3.05, 3.63) is 42.2 Å². The van der Waals surface area contributed by atoms with E-state index in [-0.39, 0.29) is 5.91 Å². The zero-order chi connectivity index (χ0) is 15.4. The van der Waals surface area contributed by atoms with E-state index in [0.29, 0.717) is 29.6 Å². The van der Waals surface area contributed by atoms with Gasteiger partial charge in [0.2, 0.25) is 0 Å². The largest absolute Gasteiger partial charge is 0.493 e. The smallest absolute Gasteiger partial charge is 0.272 e. The van der Waals surface area contributed by atoms with Gasteiger partial charge in [0.15, 0.2) is 0 Å². The highest BCUT2D eigenvalue weighted by atomic mass is 16.5. The van der Waals surface area contributed by atoms with Gasteiger partial charge >= 0.3 is 0 Å². The number of rotatable bonds is 5. The maximum Gasteiger partial charge on any atom is 0.272 e. The van der Waals surface area contributed by atoms with Crippen LogP contribution in [-0.2, 0) is 7.05 Å². The summed E-state index contributed by atoms with van der Waals surface area (Å²) in [6.45, 7) is 4.82. The molecule has 0 spiro atoms. The van der Waals surface area contributed by atoms with Gasteiger partial charge in [-0.25, -0.2) is 0 Å². The molecule has 3 N–H and O–H groups in total. The molecule has 112 valence electrons. The molecule has 5 heteroatoms. The highest BCUT2D eigenvalue weighted by Crippen LogP contribution is 2.19. The number of nitrogen functional groups attached to an aromatic ring is 1. The van der Waals surface area contributed by atoms with Crippen molar-refractivity contribution in [2.24, 2.45) is 13.0 Å². The molecule has 0 radical (unpaired) electrons. The third kappa shape index (κ3) is 4.02. The molecule has 0 saturated heterocycles. The van der Waals surface area contributed by atoms with E-state index in [2.05, 4.69) is 19.2 Å². The summed E-state index contributed by atoms with van der Waals surface area (Å²) in [5.41, 5.74) is 7.46. The Bertz CT molecular complexity index is 632. The highest BCUT2D eigenvalue weighted by Gasteiger charge is 2.11. The van der Waals surface area contributed by atoms with Crippen molar-refractivity contribution in [3.63, 3.8) is 0 Å². The van der Waals surface area contributed by atoms with Gasteiger partial charge in [0.1, 0.15) is 11.4 Å². The first-order valence-electron chi connectivity index (χ1n) is 6.91. The van der Waals surface area contributed by atoms with Crippen LogP contribution in [0.3, 0.4) is 0 Å². The number of aryl methyl sites for hydroxylation is 1. The summed E-state index contributed by atoms with van der Waals surface area (Å²) in [4.78, 5) is 12.2. The third-order valence-electron chi connectivity index (χ3n) is 2.93. The van der Waals surface area contributed by atoms with Crippen molar-refractivity contribution < 1.29 is 9.53 Å². The lowest BCUT2D eigenvalue weighted by Gasteiger charge is -2.11. The number of nitrogens with one attached hydrogen (secondary N) is 1. The Hall–Kier alpha value is -2.43. The zero-order valence-electron chi connectivity index (χ0n) is 12.6. The van der Waals surface area contributed by atoms with Gasteiger partial charge in [0.25, 0.3) is 5.91 Å². The molecule has 0 aliphatic heterocycles. The van der Waals surface area contributed by atoms with Crippen LogP contribution in [0.25, 0.3) is 0 Å². The first-order chi connectivity index (χ1) is 9.95. The van der Waals surface area contributed by atoms with Crippen molar-refractivity contribution >= 4 is 17.3 Å². The lowest BCUT2D eigenvalue weighted by molar-refractivity contribution is 0.101. The van der Waals surface area contributed by atoms with Crippen LogP contribution in [-0.4, -0.2) is 17.1 Å². The average Bonchev–Trinajstić information content (AvgIpc) is 2.76. The molecule has 1 heterocycles. The Morgan fingerprint density at radius 1 is 1.38 bits per heavy atom. The van der Waals surface area contributed by atoms with Crippen LogP contribution in [0.5, 0.6) is 5.75 Å². The number of amides is 1. The van der Waals surface area contributed by atoms with Crippen LogP contribution in [0.15, 0.2) is 36.5 Å². The Morgan fingerprint density at radius 2 is 2.14 bits per heavy atom. The fraction of sp³-hybridized carbons (Fsp3) is 0.312. The SMILES string of the molecule is CC(C)COc1cccc(NC(=O)c2cc(N)cn2C)c1. The van der Waals surface area contributed by atoms with Gasteiger partial charge in [-0.1, -0.05) is 19.9 Å². The highest BCUT2D eigenvalue weighted by molar-refractivity contribution is 6.03. The molecule has 1 amide bonds. The number of anilines is 2. The Morgan fingerprint density at radius 3 is 2.76 bits per heavy atom. The predicted molar refractivity (Wildman–Crippen MR) is 84.6 cm³/mol. The molecule has 0 atom stereocenters. The standard InChI is InChI=1S/C16H21N3O2/c1-11(2)10-21-14-6-4-5-13(8-14)18-16(20)15-7-12(17)9-19(15)3/h4-9,11H,10,17H2,1-3H3,(H,18,20). The van der Waals surface area contributed by atoms with Crippen LogP contribution in [0.2, 0.25) is 0 Å². The number of carbonyl (C=O) groups is 1. The van der Waals surface area contributed by atoms with E-state index in [1.165, 1.54) is 0 Å². The lowest BCUT2D eigenvalue weighted by atomic mass is 10.2. The quantitative estimate of drug-likeness (QED) is 0.888. The maximum atomic E-state index is 12.2. The average molecular weight is 287 g/mol. The van der Waals surface area contributed by atoms with Gasteiger partial charge < -0.3 is 20.4 Å². The number of hydrogen-bond acceptors (Lipinski definition) is 3. The number of carbonyl (C=O) groups excluding carboxylic acids is 1. The summed E-state index contributed by atoms with van der Waals surface area (Å²) in [6.07, 6.45) is 1.71. The molecule has 0 saturated carbocycles. The summed E-state index contributed by atoms with van der Waals surface area (Å²) in [5, 5.41) is 2.85. The topological polar surface area (TPSA) is 69.3 Å². The molecule has 1 aromatic carbocycles. The van der Waals surface area contributed by atoms with Gasteiger partial charge in [-0.3, -0.25) is 4.79 Å². The van der Waals surface area contributed by atoms with E-state index in [1.54, 1.807) is 23.9 Å². The van der Waals surface area contributed by atoms with Crippen LogP contribution in [0.1, 0.15) is 24.3 Å². The minimum Gasteiger partial charge on any atom is -0.493 e. The predicted octanol–water partition coefficient (Wildman–Crippen LogP) is 2.89. The van der Waals surface area contributed by atoms with E-state index < -0.39 is 0 Å². The van der Waals surface area contributed by atoms with Gasteiger partial charge in [0.05, 0.1) is 12.3 Å². The molecule has 21 heavy (non-hydrogen) atoms. The fourth-order valence-corrected chi connectivity index (χ4v) is 1.94. The van der Waals surface area contributed by atoms with Crippen LogP contribution in [0, 0.1) is 5.92 Å². The molecular formula is C16H21N3O2. The van der Waals surface area contributed by atoms with Gasteiger partial charge in [-0.2, -0.15) is 0 Å². The van der Waals surface area contributed by atoms with Crippen molar-refractivity contribution in [3.8, 4) is 5.75 Å². The second-order valence-corrected chi connectivity index (χ2v) is 5.46.